The van der Waals surface area contributed by atoms with Gasteiger partial charge in [-0.2, -0.15) is 0 Å². The van der Waals surface area contributed by atoms with E-state index in [4.69, 9.17) is 5.84 Å². The smallest absolute Gasteiger partial charge is 0.162 e. The largest absolute Gasteiger partial charge is 0.271 e. The maximum absolute atomic E-state index is 13.5. The van der Waals surface area contributed by atoms with Crippen molar-refractivity contribution in [3.8, 4) is 11.8 Å². The topological polar surface area (TPSA) is 38.0 Å². The molecule has 104 valence electrons. The van der Waals surface area contributed by atoms with Gasteiger partial charge in [-0.25, -0.2) is 8.78 Å². The Hall–Kier alpha value is -1.44. The Kier molecular flexibility index (Phi) is 5.46. The predicted octanol–water partition coefficient (Wildman–Crippen LogP) is 2.78. The molecular weight excluding hydrogens is 246 g/mol. The van der Waals surface area contributed by atoms with Crippen LogP contribution < -0.4 is 11.3 Å². The lowest BCUT2D eigenvalue weighted by atomic mass is 9.97. The normalized spacial score (nSPS) is 12.7. The maximum atomic E-state index is 13.5. The number of hydrogen-bond donors (Lipinski definition) is 2. The van der Waals surface area contributed by atoms with Crippen LogP contribution in [0.2, 0.25) is 0 Å². The molecule has 2 nitrogen and oxygen atoms in total. The Morgan fingerprint density at radius 3 is 2.58 bits per heavy atom. The van der Waals surface area contributed by atoms with E-state index in [2.05, 4.69) is 17.3 Å². The fraction of sp³-hybridized carbons (Fsp3) is 0.467. The van der Waals surface area contributed by atoms with Gasteiger partial charge in [0, 0.05) is 17.9 Å². The first-order valence-electron chi connectivity index (χ1n) is 6.22. The molecule has 0 heterocycles. The van der Waals surface area contributed by atoms with Crippen LogP contribution in [0.15, 0.2) is 18.2 Å². The van der Waals surface area contributed by atoms with E-state index >= 15 is 0 Å². The number of nitrogens with one attached hydrogen (secondary N) is 1. The Balaban J connectivity index is 2.71. The van der Waals surface area contributed by atoms with Crippen molar-refractivity contribution in [2.24, 2.45) is 11.3 Å². The van der Waals surface area contributed by atoms with Crippen molar-refractivity contribution < 1.29 is 8.78 Å². The Labute approximate surface area is 113 Å². The van der Waals surface area contributed by atoms with E-state index in [1.54, 1.807) is 6.07 Å². The summed E-state index contributed by atoms with van der Waals surface area (Å²) in [5, 5.41) is 0. The van der Waals surface area contributed by atoms with Gasteiger partial charge < -0.3 is 0 Å². The van der Waals surface area contributed by atoms with Crippen LogP contribution in [-0.2, 0) is 6.42 Å². The van der Waals surface area contributed by atoms with Crippen LogP contribution in [0.5, 0.6) is 0 Å². The molecule has 0 aromatic heterocycles. The first-order chi connectivity index (χ1) is 8.83. The van der Waals surface area contributed by atoms with Crippen molar-refractivity contribution in [3.05, 3.63) is 35.4 Å². The van der Waals surface area contributed by atoms with Gasteiger partial charge in [-0.3, -0.25) is 11.3 Å². The van der Waals surface area contributed by atoms with Gasteiger partial charge in [0.1, 0.15) is 0 Å². The van der Waals surface area contributed by atoms with Crippen LogP contribution in [0.3, 0.4) is 0 Å². The van der Waals surface area contributed by atoms with Gasteiger partial charge in [0.15, 0.2) is 11.6 Å². The lowest BCUT2D eigenvalue weighted by molar-refractivity contribution is 0.477. The molecule has 4 heteroatoms. The minimum atomic E-state index is -0.839. The number of halogens is 2. The van der Waals surface area contributed by atoms with Crippen LogP contribution in [-0.4, -0.2) is 6.04 Å². The second kappa shape index (κ2) is 6.65. The third-order valence-electron chi connectivity index (χ3n) is 2.55. The summed E-state index contributed by atoms with van der Waals surface area (Å²) >= 11 is 0. The lowest BCUT2D eigenvalue weighted by Crippen LogP contribution is -2.36. The Morgan fingerprint density at radius 1 is 1.32 bits per heavy atom. The fourth-order valence-corrected chi connectivity index (χ4v) is 1.60. The molecule has 1 rings (SSSR count). The highest BCUT2D eigenvalue weighted by Crippen LogP contribution is 2.14. The van der Waals surface area contributed by atoms with Crippen molar-refractivity contribution in [1.29, 1.82) is 0 Å². The quantitative estimate of drug-likeness (QED) is 0.499. The zero-order valence-electron chi connectivity index (χ0n) is 11.6. The minimum absolute atomic E-state index is 0.0801. The molecular formula is C15H20F2N2. The molecule has 1 atom stereocenters. The second-order valence-electron chi connectivity index (χ2n) is 5.54. The summed E-state index contributed by atoms with van der Waals surface area (Å²) in [5.41, 5.74) is 2.82. The molecule has 0 fully saturated rings. The molecule has 0 aliphatic heterocycles. The molecule has 0 saturated heterocycles. The zero-order chi connectivity index (χ0) is 14.5. The molecule has 1 aromatic rings. The summed E-state index contributed by atoms with van der Waals surface area (Å²) in [6.45, 7) is 6.03. The summed E-state index contributed by atoms with van der Waals surface area (Å²) in [6.07, 6.45) is 0.794. The van der Waals surface area contributed by atoms with E-state index in [9.17, 15) is 8.78 Å². The van der Waals surface area contributed by atoms with Crippen LogP contribution in [0.4, 0.5) is 8.78 Å². The van der Waals surface area contributed by atoms with Crippen LogP contribution in [0, 0.1) is 28.9 Å². The monoisotopic (exact) mass is 266 g/mol. The highest BCUT2D eigenvalue weighted by Gasteiger charge is 2.13. The Morgan fingerprint density at radius 2 is 2.00 bits per heavy atom. The highest BCUT2D eigenvalue weighted by atomic mass is 19.2. The first-order valence-corrected chi connectivity index (χ1v) is 6.22. The molecule has 1 unspecified atom stereocenters. The zero-order valence-corrected chi connectivity index (χ0v) is 11.6. The molecule has 0 spiro atoms. The Bertz CT molecular complexity index is 481. The highest BCUT2D eigenvalue weighted by molar-refractivity contribution is 5.20. The van der Waals surface area contributed by atoms with Crippen molar-refractivity contribution >= 4 is 0 Å². The van der Waals surface area contributed by atoms with Gasteiger partial charge in [-0.15, -0.1) is 5.92 Å². The molecule has 0 aliphatic rings. The summed E-state index contributed by atoms with van der Waals surface area (Å²) in [5.74, 6) is 9.88. The van der Waals surface area contributed by atoms with Crippen LogP contribution in [0.25, 0.3) is 0 Å². The van der Waals surface area contributed by atoms with Gasteiger partial charge in [0.2, 0.25) is 0 Å². The SMILES string of the molecule is CC(C)(C)C#CCC(Cc1cccc(F)c1F)NN. The van der Waals surface area contributed by atoms with Crippen LogP contribution >= 0.6 is 0 Å². The molecule has 0 saturated carbocycles. The van der Waals surface area contributed by atoms with Crippen molar-refractivity contribution in [2.75, 3.05) is 0 Å². The summed E-state index contributed by atoms with van der Waals surface area (Å²) in [7, 11) is 0. The molecule has 0 radical (unpaired) electrons. The standard InChI is InChI=1S/C15H20F2N2/c1-15(2,3)9-5-7-12(19-18)10-11-6-4-8-13(16)14(11)17/h4,6,8,12,19H,7,10,18H2,1-3H3. The van der Waals surface area contributed by atoms with Gasteiger partial charge in [-0.1, -0.05) is 18.1 Å². The first kappa shape index (κ1) is 15.6. The summed E-state index contributed by atoms with van der Waals surface area (Å²) in [6, 6.07) is 3.94. The molecule has 3 N–H and O–H groups in total. The second-order valence-corrected chi connectivity index (χ2v) is 5.54. The number of hydrazine groups is 1. The van der Waals surface area contributed by atoms with Crippen molar-refractivity contribution in [1.82, 2.24) is 5.43 Å². The van der Waals surface area contributed by atoms with Gasteiger partial charge >= 0.3 is 0 Å². The lowest BCUT2D eigenvalue weighted by Gasteiger charge is -2.14. The van der Waals surface area contributed by atoms with E-state index in [1.807, 2.05) is 20.8 Å². The van der Waals surface area contributed by atoms with E-state index in [0.717, 1.165) is 6.07 Å². The van der Waals surface area contributed by atoms with Gasteiger partial charge in [0.25, 0.3) is 0 Å². The molecule has 0 amide bonds. The summed E-state index contributed by atoms with van der Waals surface area (Å²) in [4.78, 5) is 0. The number of rotatable bonds is 4. The third kappa shape index (κ3) is 5.37. The van der Waals surface area contributed by atoms with Crippen molar-refractivity contribution in [2.45, 2.75) is 39.7 Å². The fourth-order valence-electron chi connectivity index (χ4n) is 1.60. The van der Waals surface area contributed by atoms with Crippen molar-refractivity contribution in [3.63, 3.8) is 0 Å². The third-order valence-corrected chi connectivity index (χ3v) is 2.55. The van der Waals surface area contributed by atoms with E-state index in [0.29, 0.717) is 18.4 Å². The maximum Gasteiger partial charge on any atom is 0.162 e. The molecule has 19 heavy (non-hydrogen) atoms. The number of nitrogens with two attached hydrogens (primary N) is 1. The average Bonchev–Trinajstić information content (AvgIpc) is 2.32. The van der Waals surface area contributed by atoms with Crippen LogP contribution in [0.1, 0.15) is 32.8 Å². The number of benzene rings is 1. The summed E-state index contributed by atoms with van der Waals surface area (Å²) < 4.78 is 26.6. The van der Waals surface area contributed by atoms with E-state index < -0.39 is 11.6 Å². The minimum Gasteiger partial charge on any atom is -0.271 e. The molecule has 1 aromatic carbocycles. The average molecular weight is 266 g/mol. The van der Waals surface area contributed by atoms with Gasteiger partial charge in [0.05, 0.1) is 0 Å². The predicted molar refractivity (Wildman–Crippen MR) is 73.0 cm³/mol. The van der Waals surface area contributed by atoms with Gasteiger partial charge in [-0.05, 0) is 38.8 Å². The molecule has 0 aliphatic carbocycles. The number of hydrogen-bond acceptors (Lipinski definition) is 2. The van der Waals surface area contributed by atoms with E-state index in [-0.39, 0.29) is 11.5 Å². The van der Waals surface area contributed by atoms with E-state index in [1.165, 1.54) is 6.07 Å². The molecule has 0 bridgehead atoms.